The third-order valence-corrected chi connectivity index (χ3v) is 4.40. The molecular formula is C15H20O. The molecule has 2 unspecified atom stereocenters. The van der Waals surface area contributed by atoms with Crippen molar-refractivity contribution < 1.29 is 4.79 Å². The fourth-order valence-corrected chi connectivity index (χ4v) is 3.58. The molecule has 1 nitrogen and oxygen atoms in total. The normalized spacial score (nSPS) is 34.4. The van der Waals surface area contributed by atoms with Crippen molar-refractivity contribution in [2.24, 2.45) is 11.8 Å². The van der Waals surface area contributed by atoms with Crippen LogP contribution in [0.25, 0.3) is 0 Å². The van der Waals surface area contributed by atoms with Crippen molar-refractivity contribution in [3.63, 3.8) is 0 Å². The maximum absolute atomic E-state index is 12.2. The first-order chi connectivity index (χ1) is 7.86. The van der Waals surface area contributed by atoms with Gasteiger partial charge in [0.2, 0.25) is 0 Å². The Balaban J connectivity index is 1.87. The van der Waals surface area contributed by atoms with Crippen LogP contribution in [0.2, 0.25) is 0 Å². The molecule has 2 atom stereocenters. The third kappa shape index (κ3) is 1.66. The van der Waals surface area contributed by atoms with Gasteiger partial charge < -0.3 is 0 Å². The Labute approximate surface area is 97.6 Å². The van der Waals surface area contributed by atoms with Crippen molar-refractivity contribution in [2.75, 3.05) is 0 Å². The van der Waals surface area contributed by atoms with E-state index in [0.29, 0.717) is 17.6 Å². The van der Waals surface area contributed by atoms with E-state index in [1.807, 2.05) is 0 Å². The van der Waals surface area contributed by atoms with Gasteiger partial charge in [0.05, 0.1) is 0 Å². The molecule has 0 aromatic rings. The van der Waals surface area contributed by atoms with E-state index >= 15 is 0 Å². The minimum atomic E-state index is 0.466. The summed E-state index contributed by atoms with van der Waals surface area (Å²) < 4.78 is 0. The van der Waals surface area contributed by atoms with Crippen LogP contribution in [0.4, 0.5) is 0 Å². The Hall–Kier alpha value is -0.850. The Morgan fingerprint density at radius 3 is 2.44 bits per heavy atom. The summed E-state index contributed by atoms with van der Waals surface area (Å²) in [5.41, 5.74) is 2.74. The van der Waals surface area contributed by atoms with Gasteiger partial charge in [-0.15, -0.1) is 0 Å². The lowest BCUT2D eigenvalue weighted by Gasteiger charge is -2.17. The van der Waals surface area contributed by atoms with Crippen LogP contribution in [0.5, 0.6) is 0 Å². The molecule has 0 aromatic heterocycles. The lowest BCUT2D eigenvalue weighted by molar-refractivity contribution is -0.116. The van der Waals surface area contributed by atoms with Gasteiger partial charge in [0.1, 0.15) is 0 Å². The standard InChI is InChI=1S/C15H20O/c16-14-7-5-3-1-2-4-6-13-11-8-9-12(10-11)15(13)14/h8-9,11-12H,1-7,10H2. The van der Waals surface area contributed by atoms with Crippen molar-refractivity contribution >= 4 is 5.78 Å². The molecule has 0 heterocycles. The second-order valence-electron chi connectivity index (χ2n) is 5.46. The molecule has 2 bridgehead atoms. The maximum Gasteiger partial charge on any atom is 0.159 e. The molecule has 0 radical (unpaired) electrons. The summed E-state index contributed by atoms with van der Waals surface area (Å²) in [5.74, 6) is 1.59. The van der Waals surface area contributed by atoms with Gasteiger partial charge in [-0.25, -0.2) is 0 Å². The molecule has 86 valence electrons. The van der Waals surface area contributed by atoms with E-state index < -0.39 is 0 Å². The van der Waals surface area contributed by atoms with Crippen LogP contribution in [0.15, 0.2) is 23.3 Å². The van der Waals surface area contributed by atoms with Crippen LogP contribution >= 0.6 is 0 Å². The minimum absolute atomic E-state index is 0.466. The Kier molecular flexibility index (Phi) is 2.70. The number of allylic oxidation sites excluding steroid dienone is 4. The van der Waals surface area contributed by atoms with Gasteiger partial charge in [0.25, 0.3) is 0 Å². The summed E-state index contributed by atoms with van der Waals surface area (Å²) in [7, 11) is 0. The number of Topliss-reactive ketones (excluding diaryl/α,β-unsaturated/α-hetero) is 1. The second-order valence-corrected chi connectivity index (χ2v) is 5.46. The molecule has 0 amide bonds. The van der Waals surface area contributed by atoms with Crippen LogP contribution in [-0.2, 0) is 4.79 Å². The van der Waals surface area contributed by atoms with Crippen molar-refractivity contribution in [3.05, 3.63) is 23.3 Å². The van der Waals surface area contributed by atoms with Gasteiger partial charge in [-0.3, -0.25) is 4.79 Å². The number of carbonyl (C=O) groups excluding carboxylic acids is 1. The molecule has 0 spiro atoms. The van der Waals surface area contributed by atoms with E-state index in [1.54, 1.807) is 0 Å². The Morgan fingerprint density at radius 2 is 1.56 bits per heavy atom. The average molecular weight is 216 g/mol. The number of carbonyl (C=O) groups is 1. The number of fused-ring (bicyclic) bond motifs is 4. The van der Waals surface area contributed by atoms with Crippen molar-refractivity contribution in [2.45, 2.75) is 51.4 Å². The molecular weight excluding hydrogens is 196 g/mol. The zero-order valence-electron chi connectivity index (χ0n) is 9.87. The van der Waals surface area contributed by atoms with Crippen molar-refractivity contribution in [3.8, 4) is 0 Å². The van der Waals surface area contributed by atoms with Crippen LogP contribution in [-0.4, -0.2) is 5.78 Å². The second kappa shape index (κ2) is 4.20. The molecule has 16 heavy (non-hydrogen) atoms. The van der Waals surface area contributed by atoms with Crippen LogP contribution in [0.3, 0.4) is 0 Å². The van der Waals surface area contributed by atoms with Gasteiger partial charge in [-0.05, 0) is 31.6 Å². The van der Waals surface area contributed by atoms with Crippen LogP contribution < -0.4 is 0 Å². The quantitative estimate of drug-likeness (QED) is 0.563. The van der Waals surface area contributed by atoms with E-state index in [0.717, 1.165) is 12.8 Å². The molecule has 0 saturated heterocycles. The van der Waals surface area contributed by atoms with Crippen LogP contribution in [0.1, 0.15) is 51.4 Å². The summed E-state index contributed by atoms with van der Waals surface area (Å²) >= 11 is 0. The molecule has 3 aliphatic rings. The average Bonchev–Trinajstić information content (AvgIpc) is 2.88. The first kappa shape index (κ1) is 10.3. The summed E-state index contributed by atoms with van der Waals surface area (Å²) in [6.07, 6.45) is 14.1. The van der Waals surface area contributed by atoms with E-state index in [1.165, 1.54) is 49.7 Å². The number of rotatable bonds is 0. The molecule has 1 heteroatoms. The number of hydrogen-bond donors (Lipinski definition) is 0. The Bertz CT molecular complexity index is 362. The molecule has 3 aliphatic carbocycles. The Morgan fingerprint density at radius 1 is 0.875 bits per heavy atom. The topological polar surface area (TPSA) is 17.1 Å². The fraction of sp³-hybridized carbons (Fsp3) is 0.667. The van der Waals surface area contributed by atoms with E-state index in [-0.39, 0.29) is 0 Å². The van der Waals surface area contributed by atoms with Gasteiger partial charge in [-0.1, -0.05) is 37.0 Å². The number of ketones is 1. The van der Waals surface area contributed by atoms with E-state index in [4.69, 9.17) is 0 Å². The SMILES string of the molecule is O=C1CCCCCCCC2=C1C1C=CC2C1. The monoisotopic (exact) mass is 216 g/mol. The summed E-state index contributed by atoms with van der Waals surface area (Å²) in [5, 5.41) is 0. The first-order valence-electron chi connectivity index (χ1n) is 6.81. The van der Waals surface area contributed by atoms with Crippen molar-refractivity contribution in [1.29, 1.82) is 0 Å². The third-order valence-electron chi connectivity index (χ3n) is 4.40. The lowest BCUT2D eigenvalue weighted by atomic mass is 9.87. The number of hydrogen-bond acceptors (Lipinski definition) is 1. The molecule has 3 rings (SSSR count). The van der Waals surface area contributed by atoms with Gasteiger partial charge in [0, 0.05) is 17.9 Å². The lowest BCUT2D eigenvalue weighted by Crippen LogP contribution is -2.11. The highest BCUT2D eigenvalue weighted by molar-refractivity contribution is 5.98. The highest BCUT2D eigenvalue weighted by atomic mass is 16.1. The first-order valence-corrected chi connectivity index (χ1v) is 6.81. The molecule has 0 aliphatic heterocycles. The fourth-order valence-electron chi connectivity index (χ4n) is 3.58. The summed E-state index contributed by atoms with van der Waals surface area (Å²) in [6.45, 7) is 0. The highest BCUT2D eigenvalue weighted by Crippen LogP contribution is 2.46. The van der Waals surface area contributed by atoms with Gasteiger partial charge >= 0.3 is 0 Å². The smallest absolute Gasteiger partial charge is 0.159 e. The summed E-state index contributed by atoms with van der Waals surface area (Å²) in [6, 6.07) is 0. The van der Waals surface area contributed by atoms with Crippen molar-refractivity contribution in [1.82, 2.24) is 0 Å². The zero-order valence-corrected chi connectivity index (χ0v) is 9.87. The van der Waals surface area contributed by atoms with Crippen LogP contribution in [0, 0.1) is 11.8 Å². The van der Waals surface area contributed by atoms with E-state index in [9.17, 15) is 4.79 Å². The zero-order chi connectivity index (χ0) is 11.0. The summed E-state index contributed by atoms with van der Waals surface area (Å²) in [4.78, 5) is 12.2. The van der Waals surface area contributed by atoms with Gasteiger partial charge in [0.15, 0.2) is 5.78 Å². The largest absolute Gasteiger partial charge is 0.295 e. The predicted molar refractivity (Wildman–Crippen MR) is 65.1 cm³/mol. The molecule has 0 saturated carbocycles. The minimum Gasteiger partial charge on any atom is -0.295 e. The molecule has 0 fully saturated rings. The molecule has 0 N–H and O–H groups in total. The maximum atomic E-state index is 12.2. The van der Waals surface area contributed by atoms with Gasteiger partial charge in [-0.2, -0.15) is 0 Å². The van der Waals surface area contributed by atoms with E-state index in [2.05, 4.69) is 12.2 Å². The molecule has 0 aromatic carbocycles. The predicted octanol–water partition coefficient (Wildman–Crippen LogP) is 3.80. The highest BCUT2D eigenvalue weighted by Gasteiger charge is 2.37.